The normalized spacial score (nSPS) is 11.6. The van der Waals surface area contributed by atoms with Crippen LogP contribution < -0.4 is 0 Å². The van der Waals surface area contributed by atoms with Gasteiger partial charge in [0.15, 0.2) is 0 Å². The Balaban J connectivity index is 3.19. The van der Waals surface area contributed by atoms with Crippen molar-refractivity contribution in [2.24, 2.45) is 0 Å². The number of rotatable bonds is 29. The maximum atomic E-state index is 12.1. The lowest BCUT2D eigenvalue weighted by Gasteiger charge is -2.04. The van der Waals surface area contributed by atoms with Gasteiger partial charge >= 0.3 is 0 Å². The highest BCUT2D eigenvalue weighted by molar-refractivity contribution is 5.78. The summed E-state index contributed by atoms with van der Waals surface area (Å²) < 4.78 is 0. The first-order valence-corrected chi connectivity index (χ1v) is 16.0. The molecule has 0 N–H and O–H groups in total. The van der Waals surface area contributed by atoms with E-state index >= 15 is 0 Å². The second-order valence-electron chi connectivity index (χ2n) is 10.9. The van der Waals surface area contributed by atoms with Gasteiger partial charge in [0.1, 0.15) is 5.78 Å². The smallest absolute Gasteiger partial charge is 0.132 e. The van der Waals surface area contributed by atoms with Crippen molar-refractivity contribution in [3.05, 3.63) is 12.2 Å². The van der Waals surface area contributed by atoms with E-state index in [9.17, 15) is 4.79 Å². The lowest BCUT2D eigenvalue weighted by Crippen LogP contribution is -1.97. The van der Waals surface area contributed by atoms with Crippen molar-refractivity contribution in [1.29, 1.82) is 0 Å². The zero-order valence-electron chi connectivity index (χ0n) is 23.9. The van der Waals surface area contributed by atoms with Gasteiger partial charge in [0, 0.05) is 12.8 Å². The van der Waals surface area contributed by atoms with Crippen molar-refractivity contribution in [3.63, 3.8) is 0 Å². The molecule has 0 bridgehead atoms. The topological polar surface area (TPSA) is 17.1 Å². The second-order valence-corrected chi connectivity index (χ2v) is 10.9. The van der Waals surface area contributed by atoms with Gasteiger partial charge in [-0.15, -0.1) is 0 Å². The van der Waals surface area contributed by atoms with E-state index in [4.69, 9.17) is 0 Å². The molecule has 0 unspecified atom stereocenters. The molecule has 1 heteroatoms. The first kappa shape index (κ1) is 33.4. The molecule has 34 heavy (non-hydrogen) atoms. The molecule has 0 heterocycles. The van der Waals surface area contributed by atoms with Crippen molar-refractivity contribution < 1.29 is 4.79 Å². The van der Waals surface area contributed by atoms with E-state index < -0.39 is 0 Å². The molecule has 0 aliphatic rings. The molecule has 0 amide bonds. The summed E-state index contributed by atoms with van der Waals surface area (Å²) in [6.45, 7) is 4.57. The van der Waals surface area contributed by atoms with Crippen LogP contribution in [0.25, 0.3) is 0 Å². The number of hydrogen-bond donors (Lipinski definition) is 0. The minimum atomic E-state index is 0.515. The molecule has 0 rings (SSSR count). The molecule has 0 saturated carbocycles. The third kappa shape index (κ3) is 29.4. The van der Waals surface area contributed by atoms with Gasteiger partial charge in [-0.25, -0.2) is 0 Å². The van der Waals surface area contributed by atoms with Crippen molar-refractivity contribution in [2.45, 2.75) is 194 Å². The number of Topliss-reactive ketones (excluding diaryl/α,β-unsaturated/α-hetero) is 1. The maximum Gasteiger partial charge on any atom is 0.132 e. The Morgan fingerprint density at radius 2 is 0.647 bits per heavy atom. The summed E-state index contributed by atoms with van der Waals surface area (Å²) in [4.78, 5) is 12.1. The largest absolute Gasteiger partial charge is 0.300 e. The Morgan fingerprint density at radius 1 is 0.382 bits per heavy atom. The molecule has 0 radical (unpaired) electrons. The second kappa shape index (κ2) is 30.4. The van der Waals surface area contributed by atoms with E-state index in [1.807, 2.05) is 0 Å². The fourth-order valence-corrected chi connectivity index (χ4v) is 4.86. The number of allylic oxidation sites excluding steroid dienone is 2. The summed E-state index contributed by atoms with van der Waals surface area (Å²) in [5, 5.41) is 0. The molecule has 1 nitrogen and oxygen atoms in total. The molecule has 0 aliphatic carbocycles. The summed E-state index contributed by atoms with van der Waals surface area (Å²) in [7, 11) is 0. The van der Waals surface area contributed by atoms with E-state index in [0.29, 0.717) is 5.78 Å². The van der Waals surface area contributed by atoms with Crippen LogP contribution in [0, 0.1) is 0 Å². The van der Waals surface area contributed by atoms with Crippen LogP contribution in [0.5, 0.6) is 0 Å². The van der Waals surface area contributed by atoms with Gasteiger partial charge in [-0.1, -0.05) is 154 Å². The van der Waals surface area contributed by atoms with Gasteiger partial charge in [0.05, 0.1) is 0 Å². The van der Waals surface area contributed by atoms with Gasteiger partial charge in [-0.2, -0.15) is 0 Å². The fourth-order valence-electron chi connectivity index (χ4n) is 4.86. The van der Waals surface area contributed by atoms with Crippen molar-refractivity contribution in [2.75, 3.05) is 0 Å². The molecule has 0 fully saturated rings. The first-order valence-electron chi connectivity index (χ1n) is 16.0. The van der Waals surface area contributed by atoms with Gasteiger partial charge in [0.2, 0.25) is 0 Å². The monoisotopic (exact) mass is 476 g/mol. The van der Waals surface area contributed by atoms with Gasteiger partial charge in [-0.05, 0) is 38.5 Å². The van der Waals surface area contributed by atoms with E-state index in [2.05, 4.69) is 26.0 Å². The highest BCUT2D eigenvalue weighted by Gasteiger charge is 2.02. The van der Waals surface area contributed by atoms with Crippen molar-refractivity contribution in [3.8, 4) is 0 Å². The predicted octanol–water partition coefficient (Wildman–Crippen LogP) is 12.1. The van der Waals surface area contributed by atoms with Crippen LogP contribution in [0.4, 0.5) is 0 Å². The SMILES string of the molecule is CCCCCCCC/C=C/CCCCCCCC(=O)CCCCCCCCCCCCCCC. The molecule has 0 aromatic heterocycles. The van der Waals surface area contributed by atoms with E-state index in [0.717, 1.165) is 25.7 Å². The fraction of sp³-hybridized carbons (Fsp3) is 0.909. The number of ketones is 1. The Bertz CT molecular complexity index is 411. The standard InChI is InChI=1S/C33H64O/c1-3-5-7-9-11-13-15-17-18-20-22-24-26-28-30-32-33(34)31-29-27-25-23-21-19-16-14-12-10-8-6-4-2/h17-18H,3-16,19-32H2,1-2H3/b18-17+. The van der Waals surface area contributed by atoms with Crippen LogP contribution in [-0.2, 0) is 4.79 Å². The summed E-state index contributed by atoms with van der Waals surface area (Å²) in [6, 6.07) is 0. The minimum Gasteiger partial charge on any atom is -0.300 e. The molecular formula is C33H64O. The Morgan fingerprint density at radius 3 is 0.971 bits per heavy atom. The predicted molar refractivity (Wildman–Crippen MR) is 155 cm³/mol. The third-order valence-electron chi connectivity index (χ3n) is 7.28. The number of hydrogen-bond acceptors (Lipinski definition) is 1. The van der Waals surface area contributed by atoms with Crippen LogP contribution in [0.1, 0.15) is 194 Å². The molecule has 0 atom stereocenters. The molecule has 0 saturated heterocycles. The number of unbranched alkanes of at least 4 members (excludes halogenated alkanes) is 23. The molecule has 202 valence electrons. The van der Waals surface area contributed by atoms with Gasteiger partial charge < -0.3 is 0 Å². The molecule has 0 aromatic carbocycles. The van der Waals surface area contributed by atoms with E-state index in [1.165, 1.54) is 154 Å². The highest BCUT2D eigenvalue weighted by Crippen LogP contribution is 2.14. The van der Waals surface area contributed by atoms with Crippen LogP contribution in [-0.4, -0.2) is 5.78 Å². The number of carbonyl (C=O) groups is 1. The van der Waals surface area contributed by atoms with Crippen LogP contribution in [0.15, 0.2) is 12.2 Å². The average molecular weight is 477 g/mol. The van der Waals surface area contributed by atoms with Gasteiger partial charge in [0.25, 0.3) is 0 Å². The van der Waals surface area contributed by atoms with Gasteiger partial charge in [-0.3, -0.25) is 4.79 Å². The summed E-state index contributed by atoms with van der Waals surface area (Å²) in [5.74, 6) is 0.515. The van der Waals surface area contributed by atoms with Crippen LogP contribution in [0.3, 0.4) is 0 Å². The summed E-state index contributed by atoms with van der Waals surface area (Å²) in [5.41, 5.74) is 0. The first-order chi connectivity index (χ1) is 16.8. The Hall–Kier alpha value is -0.590. The molecule has 0 aromatic rings. The third-order valence-corrected chi connectivity index (χ3v) is 7.28. The van der Waals surface area contributed by atoms with Crippen LogP contribution in [0.2, 0.25) is 0 Å². The zero-order valence-corrected chi connectivity index (χ0v) is 23.9. The van der Waals surface area contributed by atoms with Crippen molar-refractivity contribution >= 4 is 5.78 Å². The van der Waals surface area contributed by atoms with Crippen LogP contribution >= 0.6 is 0 Å². The molecule has 0 aliphatic heterocycles. The number of carbonyl (C=O) groups excluding carboxylic acids is 1. The Kier molecular flexibility index (Phi) is 29.9. The summed E-state index contributed by atoms with van der Waals surface area (Å²) in [6.07, 6.45) is 41.5. The van der Waals surface area contributed by atoms with E-state index in [-0.39, 0.29) is 0 Å². The quantitative estimate of drug-likeness (QED) is 0.0774. The van der Waals surface area contributed by atoms with E-state index in [1.54, 1.807) is 0 Å². The molecular weight excluding hydrogens is 412 g/mol. The highest BCUT2D eigenvalue weighted by atomic mass is 16.1. The minimum absolute atomic E-state index is 0.515. The zero-order chi connectivity index (χ0) is 24.8. The maximum absolute atomic E-state index is 12.1. The molecule has 0 spiro atoms. The van der Waals surface area contributed by atoms with Crippen molar-refractivity contribution in [1.82, 2.24) is 0 Å². The average Bonchev–Trinajstić information content (AvgIpc) is 2.84. The summed E-state index contributed by atoms with van der Waals surface area (Å²) >= 11 is 0. The lowest BCUT2D eigenvalue weighted by molar-refractivity contribution is -0.119. The Labute approximate surface area is 216 Å². The lowest BCUT2D eigenvalue weighted by atomic mass is 10.0.